The van der Waals surface area contributed by atoms with Crippen molar-refractivity contribution in [2.75, 3.05) is 16.8 Å². The molecule has 0 atom stereocenters. The van der Waals surface area contributed by atoms with Crippen LogP contribution in [0.25, 0.3) is 6.08 Å². The van der Waals surface area contributed by atoms with E-state index in [1.165, 1.54) is 16.7 Å². The third-order valence-electron chi connectivity index (χ3n) is 4.79. The SMILES string of the molecule is Cc1cccc(NC(=O)COc2ccc(/C=C3\SC(=S)N(c4ccc(Cl)cc4Cl)C3=O)cc2)c1. The minimum atomic E-state index is -0.257. The molecule has 1 N–H and O–H groups in total. The van der Waals surface area contributed by atoms with E-state index in [2.05, 4.69) is 5.32 Å². The predicted molar refractivity (Wildman–Crippen MR) is 144 cm³/mol. The molecule has 1 fully saturated rings. The zero-order valence-corrected chi connectivity index (χ0v) is 21.0. The lowest BCUT2D eigenvalue weighted by Crippen LogP contribution is -2.27. The van der Waals surface area contributed by atoms with Gasteiger partial charge in [0.25, 0.3) is 11.8 Å². The Balaban J connectivity index is 1.39. The van der Waals surface area contributed by atoms with E-state index in [-0.39, 0.29) is 18.4 Å². The molecule has 0 aromatic heterocycles. The average molecular weight is 529 g/mol. The summed E-state index contributed by atoms with van der Waals surface area (Å²) in [5.74, 6) is 0.0311. The van der Waals surface area contributed by atoms with Gasteiger partial charge in [-0.05, 0) is 66.6 Å². The normalized spacial score (nSPS) is 14.6. The largest absolute Gasteiger partial charge is 0.484 e. The van der Waals surface area contributed by atoms with Crippen LogP contribution in [-0.4, -0.2) is 22.7 Å². The van der Waals surface area contributed by atoms with Gasteiger partial charge >= 0.3 is 0 Å². The number of carbonyl (C=O) groups excluding carboxylic acids is 2. The molecule has 0 aliphatic carbocycles. The standard InChI is InChI=1S/C25H18Cl2N2O3S2/c1-15-3-2-4-18(11-15)28-23(30)14-32-19-8-5-16(6-9-19)12-22-24(31)29(25(33)34-22)21-10-7-17(26)13-20(21)27/h2-13H,14H2,1H3,(H,28,30)/b22-12-. The van der Waals surface area contributed by atoms with Gasteiger partial charge in [-0.3, -0.25) is 14.5 Å². The quantitative estimate of drug-likeness (QED) is 0.284. The number of aryl methyl sites for hydroxylation is 1. The van der Waals surface area contributed by atoms with Crippen LogP contribution >= 0.6 is 47.2 Å². The molecule has 3 aromatic rings. The van der Waals surface area contributed by atoms with E-state index in [4.69, 9.17) is 40.2 Å². The maximum absolute atomic E-state index is 13.0. The molecule has 1 heterocycles. The van der Waals surface area contributed by atoms with E-state index < -0.39 is 0 Å². The van der Waals surface area contributed by atoms with Crippen molar-refractivity contribution in [3.05, 3.63) is 92.8 Å². The molecule has 1 aliphatic rings. The fraction of sp³-hybridized carbons (Fsp3) is 0.0800. The third kappa shape index (κ3) is 5.80. The molecule has 5 nitrogen and oxygen atoms in total. The predicted octanol–water partition coefficient (Wildman–Crippen LogP) is 6.73. The van der Waals surface area contributed by atoms with Crippen molar-refractivity contribution in [3.63, 3.8) is 0 Å². The summed E-state index contributed by atoms with van der Waals surface area (Å²) in [4.78, 5) is 27.0. The van der Waals surface area contributed by atoms with Gasteiger partial charge in [-0.1, -0.05) is 71.4 Å². The fourth-order valence-electron chi connectivity index (χ4n) is 3.22. The summed E-state index contributed by atoms with van der Waals surface area (Å²) < 4.78 is 5.96. The molecule has 0 bridgehead atoms. The second-order valence-electron chi connectivity index (χ2n) is 7.39. The molecule has 4 rings (SSSR count). The molecule has 9 heteroatoms. The van der Waals surface area contributed by atoms with Crippen molar-refractivity contribution < 1.29 is 14.3 Å². The van der Waals surface area contributed by atoms with E-state index in [1.54, 1.807) is 48.5 Å². The highest BCUT2D eigenvalue weighted by Crippen LogP contribution is 2.39. The van der Waals surface area contributed by atoms with Crippen molar-refractivity contribution in [2.45, 2.75) is 6.92 Å². The van der Waals surface area contributed by atoms with E-state index in [1.807, 2.05) is 31.2 Å². The van der Waals surface area contributed by atoms with Crippen molar-refractivity contribution in [3.8, 4) is 5.75 Å². The Hall–Kier alpha value is -2.84. The van der Waals surface area contributed by atoms with Crippen LogP contribution < -0.4 is 15.0 Å². The van der Waals surface area contributed by atoms with E-state index in [0.29, 0.717) is 30.7 Å². The van der Waals surface area contributed by atoms with Crippen molar-refractivity contribution in [1.29, 1.82) is 0 Å². The van der Waals surface area contributed by atoms with Gasteiger partial charge in [0.2, 0.25) is 0 Å². The molecular formula is C25H18Cl2N2O3S2. The molecule has 0 radical (unpaired) electrons. The van der Waals surface area contributed by atoms with Crippen LogP contribution in [0.4, 0.5) is 11.4 Å². The van der Waals surface area contributed by atoms with Crippen LogP contribution in [0.3, 0.4) is 0 Å². The molecule has 0 saturated carbocycles. The smallest absolute Gasteiger partial charge is 0.270 e. The maximum Gasteiger partial charge on any atom is 0.270 e. The molecule has 0 unspecified atom stereocenters. The number of carbonyl (C=O) groups is 2. The lowest BCUT2D eigenvalue weighted by molar-refractivity contribution is -0.118. The number of ether oxygens (including phenoxy) is 1. The van der Waals surface area contributed by atoms with Gasteiger partial charge in [-0.2, -0.15) is 0 Å². The number of nitrogens with one attached hydrogen (secondary N) is 1. The Labute approximate surface area is 216 Å². The molecule has 172 valence electrons. The Morgan fingerprint density at radius 1 is 1.12 bits per heavy atom. The monoisotopic (exact) mass is 528 g/mol. The van der Waals surface area contributed by atoms with Crippen LogP contribution in [0.1, 0.15) is 11.1 Å². The van der Waals surface area contributed by atoms with Gasteiger partial charge in [0, 0.05) is 10.7 Å². The van der Waals surface area contributed by atoms with E-state index >= 15 is 0 Å². The number of anilines is 2. The zero-order valence-electron chi connectivity index (χ0n) is 17.9. The highest BCUT2D eigenvalue weighted by molar-refractivity contribution is 8.27. The number of thiocarbonyl (C=S) groups is 1. The van der Waals surface area contributed by atoms with E-state index in [0.717, 1.165) is 16.8 Å². The molecule has 34 heavy (non-hydrogen) atoms. The van der Waals surface area contributed by atoms with Gasteiger partial charge in [-0.15, -0.1) is 0 Å². The second-order valence-corrected chi connectivity index (χ2v) is 9.91. The summed E-state index contributed by atoms with van der Waals surface area (Å²) in [6.45, 7) is 1.84. The lowest BCUT2D eigenvalue weighted by Gasteiger charge is -2.16. The second kappa shape index (κ2) is 10.6. The van der Waals surface area contributed by atoms with Crippen LogP contribution in [0.5, 0.6) is 5.75 Å². The zero-order chi connectivity index (χ0) is 24.2. The highest BCUT2D eigenvalue weighted by Gasteiger charge is 2.34. The summed E-state index contributed by atoms with van der Waals surface area (Å²) in [5, 5.41) is 3.62. The van der Waals surface area contributed by atoms with Crippen molar-refractivity contribution >= 4 is 80.8 Å². The molecule has 1 saturated heterocycles. The van der Waals surface area contributed by atoms with Gasteiger partial charge in [-0.25, -0.2) is 0 Å². The third-order valence-corrected chi connectivity index (χ3v) is 6.63. The maximum atomic E-state index is 13.0. The Morgan fingerprint density at radius 2 is 1.88 bits per heavy atom. The van der Waals surface area contributed by atoms with Gasteiger partial charge in [0.15, 0.2) is 10.9 Å². The van der Waals surface area contributed by atoms with Crippen LogP contribution in [0.2, 0.25) is 10.0 Å². The first-order valence-electron chi connectivity index (χ1n) is 10.1. The first kappa shape index (κ1) is 24.3. The minimum absolute atomic E-state index is 0.117. The Bertz CT molecular complexity index is 1310. The lowest BCUT2D eigenvalue weighted by atomic mass is 10.2. The molecule has 3 aromatic carbocycles. The first-order valence-corrected chi connectivity index (χ1v) is 12.1. The molecular weight excluding hydrogens is 511 g/mol. The highest BCUT2D eigenvalue weighted by atomic mass is 35.5. The number of nitrogens with zero attached hydrogens (tertiary/aromatic N) is 1. The Morgan fingerprint density at radius 3 is 2.59 bits per heavy atom. The van der Waals surface area contributed by atoms with Crippen molar-refractivity contribution in [1.82, 2.24) is 0 Å². The number of rotatable bonds is 6. The summed E-state index contributed by atoms with van der Waals surface area (Å²) in [6, 6.07) is 19.5. The first-order chi connectivity index (χ1) is 16.3. The van der Waals surface area contributed by atoms with Gasteiger partial charge in [0.1, 0.15) is 5.75 Å². The van der Waals surface area contributed by atoms with Crippen LogP contribution in [0.15, 0.2) is 71.6 Å². The van der Waals surface area contributed by atoms with Crippen LogP contribution in [0, 0.1) is 6.92 Å². The minimum Gasteiger partial charge on any atom is -0.484 e. The number of benzene rings is 3. The van der Waals surface area contributed by atoms with Gasteiger partial charge < -0.3 is 10.1 Å². The van der Waals surface area contributed by atoms with Crippen molar-refractivity contribution in [2.24, 2.45) is 0 Å². The number of thioether (sulfide) groups is 1. The Kier molecular flexibility index (Phi) is 7.58. The van der Waals surface area contributed by atoms with Crippen LogP contribution in [-0.2, 0) is 9.59 Å². The van der Waals surface area contributed by atoms with Gasteiger partial charge in [0.05, 0.1) is 15.6 Å². The van der Waals surface area contributed by atoms with E-state index in [9.17, 15) is 9.59 Å². The summed E-state index contributed by atoms with van der Waals surface area (Å²) in [5.41, 5.74) is 3.06. The fourth-order valence-corrected chi connectivity index (χ4v) is 5.00. The molecule has 1 aliphatic heterocycles. The number of hydrogen-bond donors (Lipinski definition) is 1. The molecule has 0 spiro atoms. The summed E-state index contributed by atoms with van der Waals surface area (Å²) in [6.07, 6.45) is 1.75. The number of halogens is 2. The summed E-state index contributed by atoms with van der Waals surface area (Å²) in [7, 11) is 0. The average Bonchev–Trinajstić information content (AvgIpc) is 3.06. The topological polar surface area (TPSA) is 58.6 Å². The molecule has 2 amide bonds. The number of amides is 2. The number of hydrogen-bond acceptors (Lipinski definition) is 5. The summed E-state index contributed by atoms with van der Waals surface area (Å²) >= 11 is 18.8.